The van der Waals surface area contributed by atoms with Crippen molar-refractivity contribution in [2.75, 3.05) is 5.32 Å². The van der Waals surface area contributed by atoms with Gasteiger partial charge in [0.25, 0.3) is 5.69 Å². The molecular weight excluding hydrogens is 255 g/mol. The van der Waals surface area contributed by atoms with E-state index in [1.807, 2.05) is 0 Å². The smallest absolute Gasteiger partial charge is 0.271 e. The van der Waals surface area contributed by atoms with Gasteiger partial charge in [0.15, 0.2) is 0 Å². The van der Waals surface area contributed by atoms with E-state index in [1.165, 1.54) is 0 Å². The molecule has 0 saturated carbocycles. The fourth-order valence-corrected chi connectivity index (χ4v) is 1.55. The third-order valence-electron chi connectivity index (χ3n) is 2.49. The fourth-order valence-electron chi connectivity index (χ4n) is 1.55. The Morgan fingerprint density at radius 3 is 2.68 bits per heavy atom. The number of anilines is 1. The second kappa shape index (κ2) is 5.49. The van der Waals surface area contributed by atoms with E-state index in [0.29, 0.717) is 11.5 Å². The van der Waals surface area contributed by atoms with Crippen molar-refractivity contribution in [1.82, 2.24) is 0 Å². The van der Waals surface area contributed by atoms with E-state index in [2.05, 4.69) is 5.32 Å². The first-order valence-corrected chi connectivity index (χ1v) is 5.46. The number of furan rings is 1. The van der Waals surface area contributed by atoms with Crippen LogP contribution in [-0.2, 0) is 13.2 Å². The first-order chi connectivity index (χ1) is 9.10. The predicted molar refractivity (Wildman–Crippen MR) is 65.0 cm³/mol. The molecular formula is C12H11FN2O4. The summed E-state index contributed by atoms with van der Waals surface area (Å²) in [5.74, 6) is 0.311. The van der Waals surface area contributed by atoms with Gasteiger partial charge in [-0.05, 0) is 18.2 Å². The van der Waals surface area contributed by atoms with Crippen LogP contribution in [0.2, 0.25) is 0 Å². The van der Waals surface area contributed by atoms with E-state index in [9.17, 15) is 14.5 Å². The zero-order valence-electron chi connectivity index (χ0n) is 9.80. The lowest BCUT2D eigenvalue weighted by molar-refractivity contribution is -0.384. The summed E-state index contributed by atoms with van der Waals surface area (Å²) in [6.45, 7) is -0.0523. The van der Waals surface area contributed by atoms with E-state index in [1.54, 1.807) is 12.1 Å². The van der Waals surface area contributed by atoms with Crippen molar-refractivity contribution in [3.8, 4) is 0 Å². The molecule has 0 aliphatic carbocycles. The Hall–Kier alpha value is -2.41. The van der Waals surface area contributed by atoms with Crippen LogP contribution in [-0.4, -0.2) is 10.0 Å². The molecule has 19 heavy (non-hydrogen) atoms. The Morgan fingerprint density at radius 2 is 2.05 bits per heavy atom. The molecule has 0 bridgehead atoms. The van der Waals surface area contributed by atoms with Crippen LogP contribution in [0.15, 0.2) is 34.7 Å². The second-order valence-corrected chi connectivity index (χ2v) is 3.80. The molecule has 1 aromatic carbocycles. The van der Waals surface area contributed by atoms with Gasteiger partial charge < -0.3 is 14.8 Å². The normalized spacial score (nSPS) is 10.4. The van der Waals surface area contributed by atoms with Crippen LogP contribution in [0, 0.1) is 15.9 Å². The van der Waals surface area contributed by atoms with E-state index in [-0.39, 0.29) is 24.5 Å². The maximum Gasteiger partial charge on any atom is 0.271 e. The predicted octanol–water partition coefficient (Wildman–Crippen LogP) is 2.43. The molecule has 0 unspecified atom stereocenters. The number of benzene rings is 1. The van der Waals surface area contributed by atoms with Gasteiger partial charge in [-0.25, -0.2) is 4.39 Å². The summed E-state index contributed by atoms with van der Waals surface area (Å²) < 4.78 is 18.7. The van der Waals surface area contributed by atoms with Gasteiger partial charge in [-0.15, -0.1) is 0 Å². The molecule has 0 atom stereocenters. The fraction of sp³-hybridized carbons (Fsp3) is 0.167. The lowest BCUT2D eigenvalue weighted by atomic mass is 10.2. The van der Waals surface area contributed by atoms with E-state index in [4.69, 9.17) is 9.52 Å². The maximum absolute atomic E-state index is 13.5. The minimum absolute atomic E-state index is 0.0242. The summed E-state index contributed by atoms with van der Waals surface area (Å²) in [7, 11) is 0. The number of nitrogens with one attached hydrogen (secondary N) is 1. The monoisotopic (exact) mass is 266 g/mol. The number of rotatable bonds is 5. The van der Waals surface area contributed by atoms with Gasteiger partial charge >= 0.3 is 0 Å². The van der Waals surface area contributed by atoms with Crippen LogP contribution >= 0.6 is 0 Å². The third kappa shape index (κ3) is 3.08. The van der Waals surface area contributed by atoms with Crippen molar-refractivity contribution in [3.05, 3.63) is 57.8 Å². The number of aliphatic hydroxyl groups is 1. The molecule has 7 heteroatoms. The van der Waals surface area contributed by atoms with Gasteiger partial charge in [-0.1, -0.05) is 0 Å². The molecule has 0 fully saturated rings. The Kier molecular flexibility index (Phi) is 3.76. The molecule has 0 aliphatic rings. The number of nitro benzene ring substituents is 1. The number of aliphatic hydroxyl groups excluding tert-OH is 1. The number of non-ortho nitro benzene ring substituents is 1. The zero-order chi connectivity index (χ0) is 13.8. The number of hydrogen-bond donors (Lipinski definition) is 2. The molecule has 100 valence electrons. The van der Waals surface area contributed by atoms with Crippen molar-refractivity contribution in [2.45, 2.75) is 13.2 Å². The van der Waals surface area contributed by atoms with Crippen LogP contribution in [0.1, 0.15) is 11.5 Å². The molecule has 0 amide bonds. The average Bonchev–Trinajstić information content (AvgIpc) is 2.85. The van der Waals surface area contributed by atoms with Crippen LogP contribution in [0.5, 0.6) is 0 Å². The van der Waals surface area contributed by atoms with Gasteiger partial charge in [-0.3, -0.25) is 10.1 Å². The van der Waals surface area contributed by atoms with Crippen molar-refractivity contribution >= 4 is 11.4 Å². The van der Waals surface area contributed by atoms with E-state index < -0.39 is 10.7 Å². The summed E-state index contributed by atoms with van der Waals surface area (Å²) in [6, 6.07) is 6.47. The molecule has 1 heterocycles. The standard InChI is InChI=1S/C12H11FN2O4/c13-11-4-1-8(15(17)18)5-12(11)14-6-9-2-3-10(7-16)19-9/h1-5,14,16H,6-7H2. The SMILES string of the molecule is O=[N+]([O-])c1ccc(F)c(NCc2ccc(CO)o2)c1. The highest BCUT2D eigenvalue weighted by Crippen LogP contribution is 2.22. The molecule has 0 aliphatic heterocycles. The van der Waals surface area contributed by atoms with Crippen molar-refractivity contribution in [1.29, 1.82) is 0 Å². The molecule has 0 spiro atoms. The minimum atomic E-state index is -0.596. The number of nitro groups is 1. The van der Waals surface area contributed by atoms with Gasteiger partial charge in [0, 0.05) is 12.1 Å². The quantitative estimate of drug-likeness (QED) is 0.641. The Labute approximate surface area is 107 Å². The largest absolute Gasteiger partial charge is 0.462 e. The lowest BCUT2D eigenvalue weighted by Crippen LogP contribution is -2.01. The molecule has 0 saturated heterocycles. The van der Waals surface area contributed by atoms with Crippen molar-refractivity contribution in [2.24, 2.45) is 0 Å². The Bertz CT molecular complexity index is 597. The topological polar surface area (TPSA) is 88.5 Å². The highest BCUT2D eigenvalue weighted by molar-refractivity contribution is 5.52. The first kappa shape index (κ1) is 13.0. The lowest BCUT2D eigenvalue weighted by Gasteiger charge is -2.05. The highest BCUT2D eigenvalue weighted by atomic mass is 19.1. The number of hydrogen-bond acceptors (Lipinski definition) is 5. The molecule has 2 aromatic rings. The van der Waals surface area contributed by atoms with E-state index >= 15 is 0 Å². The summed E-state index contributed by atoms with van der Waals surface area (Å²) in [5.41, 5.74) is -0.171. The van der Waals surface area contributed by atoms with Gasteiger partial charge in [0.05, 0.1) is 17.2 Å². The summed E-state index contributed by atoms with van der Waals surface area (Å²) in [6.07, 6.45) is 0. The Morgan fingerprint density at radius 1 is 1.32 bits per heavy atom. The van der Waals surface area contributed by atoms with Crippen LogP contribution in [0.3, 0.4) is 0 Å². The van der Waals surface area contributed by atoms with E-state index in [0.717, 1.165) is 18.2 Å². The first-order valence-electron chi connectivity index (χ1n) is 5.46. The van der Waals surface area contributed by atoms with Gasteiger partial charge in [-0.2, -0.15) is 0 Å². The number of halogens is 1. The highest BCUT2D eigenvalue weighted by Gasteiger charge is 2.11. The molecule has 1 aromatic heterocycles. The summed E-state index contributed by atoms with van der Waals surface area (Å²) in [4.78, 5) is 9.99. The van der Waals surface area contributed by atoms with Gasteiger partial charge in [0.2, 0.25) is 0 Å². The summed E-state index contributed by atoms with van der Waals surface area (Å²) >= 11 is 0. The molecule has 6 nitrogen and oxygen atoms in total. The van der Waals surface area contributed by atoms with Crippen LogP contribution < -0.4 is 5.32 Å². The van der Waals surface area contributed by atoms with Crippen LogP contribution in [0.4, 0.5) is 15.8 Å². The maximum atomic E-state index is 13.5. The average molecular weight is 266 g/mol. The third-order valence-corrected chi connectivity index (χ3v) is 2.49. The molecule has 2 rings (SSSR count). The van der Waals surface area contributed by atoms with Crippen molar-refractivity contribution < 1.29 is 18.8 Å². The zero-order valence-corrected chi connectivity index (χ0v) is 9.80. The molecule has 2 N–H and O–H groups in total. The van der Waals surface area contributed by atoms with Crippen molar-refractivity contribution in [3.63, 3.8) is 0 Å². The second-order valence-electron chi connectivity index (χ2n) is 3.80. The minimum Gasteiger partial charge on any atom is -0.462 e. The number of nitrogens with zero attached hydrogens (tertiary/aromatic N) is 1. The van der Waals surface area contributed by atoms with Gasteiger partial charge in [0.1, 0.15) is 23.9 Å². The molecule has 0 radical (unpaired) electrons. The van der Waals surface area contributed by atoms with Crippen LogP contribution in [0.25, 0.3) is 0 Å². The summed E-state index contributed by atoms with van der Waals surface area (Å²) in [5, 5.41) is 22.1. The Balaban J connectivity index is 2.10.